The first-order valence-electron chi connectivity index (χ1n) is 6.19. The van der Waals surface area contributed by atoms with Gasteiger partial charge in [-0.3, -0.25) is 4.79 Å². The first-order chi connectivity index (χ1) is 8.77. The summed E-state index contributed by atoms with van der Waals surface area (Å²) in [5, 5.41) is 0. The maximum Gasteiger partial charge on any atom is 0.305 e. The van der Waals surface area contributed by atoms with Gasteiger partial charge in [-0.15, -0.1) is 0 Å². The van der Waals surface area contributed by atoms with Crippen molar-refractivity contribution in [3.8, 4) is 11.5 Å². The van der Waals surface area contributed by atoms with Crippen molar-refractivity contribution in [2.45, 2.75) is 26.2 Å². The van der Waals surface area contributed by atoms with Gasteiger partial charge in [-0.2, -0.15) is 0 Å². The standard InChI is InChI=1S/C14H20O4/c1-3-10-17-12-7-4-5-8-13(12)18-11-6-9-14(15)16-2/h4-5,7-8H,3,6,9-11H2,1-2H3. The molecule has 0 saturated carbocycles. The Morgan fingerprint density at radius 2 is 1.72 bits per heavy atom. The highest BCUT2D eigenvalue weighted by Crippen LogP contribution is 2.26. The molecule has 0 atom stereocenters. The van der Waals surface area contributed by atoms with Crippen LogP contribution < -0.4 is 9.47 Å². The molecule has 0 heterocycles. The van der Waals surface area contributed by atoms with E-state index in [0.717, 1.165) is 17.9 Å². The SMILES string of the molecule is CCCOc1ccccc1OCCCC(=O)OC. The lowest BCUT2D eigenvalue weighted by atomic mass is 10.3. The van der Waals surface area contributed by atoms with Gasteiger partial charge in [0.2, 0.25) is 0 Å². The first-order valence-corrected chi connectivity index (χ1v) is 6.19. The van der Waals surface area contributed by atoms with Gasteiger partial charge < -0.3 is 14.2 Å². The summed E-state index contributed by atoms with van der Waals surface area (Å²) in [5.74, 6) is 1.25. The van der Waals surface area contributed by atoms with Gasteiger partial charge in [0.1, 0.15) is 0 Å². The summed E-state index contributed by atoms with van der Waals surface area (Å²) in [4.78, 5) is 10.9. The van der Waals surface area contributed by atoms with E-state index in [4.69, 9.17) is 9.47 Å². The van der Waals surface area contributed by atoms with Gasteiger partial charge >= 0.3 is 5.97 Å². The summed E-state index contributed by atoms with van der Waals surface area (Å²) >= 11 is 0. The number of methoxy groups -OCH3 is 1. The molecule has 0 aliphatic carbocycles. The maximum atomic E-state index is 10.9. The molecule has 0 aliphatic rings. The maximum absolute atomic E-state index is 10.9. The Bertz CT molecular complexity index is 363. The second-order valence-corrected chi connectivity index (χ2v) is 3.82. The highest BCUT2D eigenvalue weighted by atomic mass is 16.5. The monoisotopic (exact) mass is 252 g/mol. The van der Waals surface area contributed by atoms with Crippen molar-refractivity contribution < 1.29 is 19.0 Å². The Kier molecular flexibility index (Phi) is 6.69. The molecule has 0 spiro atoms. The van der Waals surface area contributed by atoms with E-state index in [1.807, 2.05) is 24.3 Å². The smallest absolute Gasteiger partial charge is 0.305 e. The topological polar surface area (TPSA) is 44.8 Å². The molecular formula is C14H20O4. The van der Waals surface area contributed by atoms with Crippen LogP contribution in [0.4, 0.5) is 0 Å². The fourth-order valence-corrected chi connectivity index (χ4v) is 1.40. The van der Waals surface area contributed by atoms with E-state index in [2.05, 4.69) is 11.7 Å². The van der Waals surface area contributed by atoms with Crippen molar-refractivity contribution in [3.05, 3.63) is 24.3 Å². The van der Waals surface area contributed by atoms with E-state index in [-0.39, 0.29) is 5.97 Å². The van der Waals surface area contributed by atoms with Crippen LogP contribution in [0.3, 0.4) is 0 Å². The van der Waals surface area contributed by atoms with E-state index in [9.17, 15) is 4.79 Å². The zero-order valence-corrected chi connectivity index (χ0v) is 11.0. The number of hydrogen-bond acceptors (Lipinski definition) is 4. The summed E-state index contributed by atoms with van der Waals surface area (Å²) in [6.45, 7) is 3.20. The minimum Gasteiger partial charge on any atom is -0.490 e. The molecule has 100 valence electrons. The summed E-state index contributed by atoms with van der Waals surface area (Å²) in [6, 6.07) is 7.55. The molecule has 0 fully saturated rings. The average Bonchev–Trinajstić information content (AvgIpc) is 2.42. The predicted molar refractivity (Wildman–Crippen MR) is 69.0 cm³/mol. The van der Waals surface area contributed by atoms with Gasteiger partial charge in [0, 0.05) is 6.42 Å². The third kappa shape index (κ3) is 5.08. The zero-order chi connectivity index (χ0) is 13.2. The number of carbonyl (C=O) groups is 1. The van der Waals surface area contributed by atoms with Crippen molar-refractivity contribution in [1.29, 1.82) is 0 Å². The third-order valence-electron chi connectivity index (χ3n) is 2.32. The van der Waals surface area contributed by atoms with E-state index in [0.29, 0.717) is 26.1 Å². The summed E-state index contributed by atoms with van der Waals surface area (Å²) in [7, 11) is 1.39. The van der Waals surface area contributed by atoms with Crippen LogP contribution in [0.2, 0.25) is 0 Å². The van der Waals surface area contributed by atoms with Gasteiger partial charge in [-0.05, 0) is 25.0 Å². The van der Waals surface area contributed by atoms with Crippen LogP contribution in [0.25, 0.3) is 0 Å². The Balaban J connectivity index is 2.38. The number of ether oxygens (including phenoxy) is 3. The normalized spacial score (nSPS) is 9.89. The molecule has 0 aliphatic heterocycles. The zero-order valence-electron chi connectivity index (χ0n) is 11.0. The van der Waals surface area contributed by atoms with Crippen LogP contribution in [-0.2, 0) is 9.53 Å². The fourth-order valence-electron chi connectivity index (χ4n) is 1.40. The quantitative estimate of drug-likeness (QED) is 0.527. The minimum atomic E-state index is -0.214. The number of benzene rings is 1. The van der Waals surface area contributed by atoms with Crippen molar-refractivity contribution >= 4 is 5.97 Å². The molecule has 0 unspecified atom stereocenters. The molecule has 18 heavy (non-hydrogen) atoms. The largest absolute Gasteiger partial charge is 0.490 e. The van der Waals surface area contributed by atoms with Crippen LogP contribution in [0.5, 0.6) is 11.5 Å². The molecule has 0 amide bonds. The summed E-state index contributed by atoms with van der Waals surface area (Å²) < 4.78 is 15.7. The predicted octanol–water partition coefficient (Wildman–Crippen LogP) is 2.81. The highest BCUT2D eigenvalue weighted by molar-refractivity contribution is 5.69. The number of carbonyl (C=O) groups excluding carboxylic acids is 1. The van der Waals surface area contributed by atoms with Crippen molar-refractivity contribution in [2.75, 3.05) is 20.3 Å². The fraction of sp³-hybridized carbons (Fsp3) is 0.500. The van der Waals surface area contributed by atoms with Gasteiger partial charge in [-0.1, -0.05) is 19.1 Å². The number of esters is 1. The lowest BCUT2D eigenvalue weighted by molar-refractivity contribution is -0.140. The van der Waals surface area contributed by atoms with Crippen molar-refractivity contribution in [3.63, 3.8) is 0 Å². The number of hydrogen-bond donors (Lipinski definition) is 0. The van der Waals surface area contributed by atoms with E-state index in [1.54, 1.807) is 0 Å². The van der Waals surface area contributed by atoms with E-state index >= 15 is 0 Å². The van der Waals surface area contributed by atoms with Crippen LogP contribution in [0.1, 0.15) is 26.2 Å². The molecule has 1 aromatic carbocycles. The average molecular weight is 252 g/mol. The Morgan fingerprint density at radius 3 is 2.28 bits per heavy atom. The number of para-hydroxylation sites is 2. The minimum absolute atomic E-state index is 0.214. The first kappa shape index (κ1) is 14.4. The van der Waals surface area contributed by atoms with Crippen LogP contribution in [0.15, 0.2) is 24.3 Å². The van der Waals surface area contributed by atoms with Gasteiger partial charge in [-0.25, -0.2) is 0 Å². The second-order valence-electron chi connectivity index (χ2n) is 3.82. The molecule has 1 aromatic rings. The second kappa shape index (κ2) is 8.39. The highest BCUT2D eigenvalue weighted by Gasteiger charge is 2.04. The van der Waals surface area contributed by atoms with Crippen molar-refractivity contribution in [2.24, 2.45) is 0 Å². The lowest BCUT2D eigenvalue weighted by Crippen LogP contribution is -2.05. The van der Waals surface area contributed by atoms with E-state index in [1.165, 1.54) is 7.11 Å². The molecular weight excluding hydrogens is 232 g/mol. The molecule has 0 saturated heterocycles. The molecule has 1 rings (SSSR count). The third-order valence-corrected chi connectivity index (χ3v) is 2.32. The number of rotatable bonds is 8. The Hall–Kier alpha value is -1.71. The van der Waals surface area contributed by atoms with Gasteiger partial charge in [0.25, 0.3) is 0 Å². The molecule has 4 nitrogen and oxygen atoms in total. The molecule has 0 aromatic heterocycles. The van der Waals surface area contributed by atoms with E-state index < -0.39 is 0 Å². The van der Waals surface area contributed by atoms with Crippen LogP contribution in [0, 0.1) is 0 Å². The Labute approximate surface area is 108 Å². The van der Waals surface area contributed by atoms with Crippen molar-refractivity contribution in [1.82, 2.24) is 0 Å². The Morgan fingerprint density at radius 1 is 1.11 bits per heavy atom. The molecule has 4 heteroatoms. The van der Waals surface area contributed by atoms with Gasteiger partial charge in [0.05, 0.1) is 20.3 Å². The van der Waals surface area contributed by atoms with Gasteiger partial charge in [0.15, 0.2) is 11.5 Å². The molecule has 0 radical (unpaired) electrons. The molecule has 0 N–H and O–H groups in total. The van der Waals surface area contributed by atoms with Crippen LogP contribution in [-0.4, -0.2) is 26.3 Å². The summed E-state index contributed by atoms with van der Waals surface area (Å²) in [5.41, 5.74) is 0. The molecule has 0 bridgehead atoms. The summed E-state index contributed by atoms with van der Waals surface area (Å²) in [6.07, 6.45) is 1.96. The lowest BCUT2D eigenvalue weighted by Gasteiger charge is -2.11. The van der Waals surface area contributed by atoms with Crippen LogP contribution >= 0.6 is 0 Å².